The Labute approximate surface area is 104 Å². The summed E-state index contributed by atoms with van der Waals surface area (Å²) in [4.78, 5) is 0. The molecular weight excluding hydrogens is 248 g/mol. The van der Waals surface area contributed by atoms with Crippen molar-refractivity contribution in [2.75, 3.05) is 19.5 Å². The standard InChI is InChI=1S/C11H15ClO3S/c1-15-11-3-2-9(12)4-8(11)6-16-7-10(14)5-13/h2-4,10,13-14H,5-7H2,1H3/t10-/m1/s1. The van der Waals surface area contributed by atoms with Crippen molar-refractivity contribution in [2.24, 2.45) is 0 Å². The topological polar surface area (TPSA) is 49.7 Å². The fourth-order valence-electron chi connectivity index (χ4n) is 1.22. The molecule has 0 fully saturated rings. The summed E-state index contributed by atoms with van der Waals surface area (Å²) in [7, 11) is 1.61. The van der Waals surface area contributed by atoms with E-state index in [0.29, 0.717) is 16.5 Å². The van der Waals surface area contributed by atoms with Gasteiger partial charge >= 0.3 is 0 Å². The Morgan fingerprint density at radius 3 is 2.88 bits per heavy atom. The van der Waals surface area contributed by atoms with Gasteiger partial charge in [-0.2, -0.15) is 11.8 Å². The molecule has 0 aliphatic rings. The summed E-state index contributed by atoms with van der Waals surface area (Å²) in [5.74, 6) is 1.97. The van der Waals surface area contributed by atoms with E-state index in [2.05, 4.69) is 0 Å². The van der Waals surface area contributed by atoms with Gasteiger partial charge in [-0.15, -0.1) is 0 Å². The summed E-state index contributed by atoms with van der Waals surface area (Å²) in [5.41, 5.74) is 0.991. The van der Waals surface area contributed by atoms with Crippen LogP contribution in [0.2, 0.25) is 5.02 Å². The minimum atomic E-state index is -0.671. The maximum absolute atomic E-state index is 9.19. The van der Waals surface area contributed by atoms with Gasteiger partial charge in [-0.1, -0.05) is 11.6 Å². The number of rotatable bonds is 6. The van der Waals surface area contributed by atoms with Crippen LogP contribution in [-0.2, 0) is 5.75 Å². The highest BCUT2D eigenvalue weighted by molar-refractivity contribution is 7.98. The highest BCUT2D eigenvalue weighted by Gasteiger charge is 2.06. The number of hydrogen-bond donors (Lipinski definition) is 2. The van der Waals surface area contributed by atoms with Crippen molar-refractivity contribution in [1.29, 1.82) is 0 Å². The molecule has 1 aromatic carbocycles. The molecule has 5 heteroatoms. The molecule has 1 atom stereocenters. The Bertz CT molecular complexity index is 333. The van der Waals surface area contributed by atoms with E-state index in [1.165, 1.54) is 11.8 Å². The van der Waals surface area contributed by atoms with Crippen LogP contribution in [0, 0.1) is 0 Å². The first-order valence-corrected chi connectivity index (χ1v) is 6.39. The number of benzene rings is 1. The Kier molecular flexibility index (Phi) is 5.98. The molecule has 0 heterocycles. The highest BCUT2D eigenvalue weighted by atomic mass is 35.5. The van der Waals surface area contributed by atoms with Gasteiger partial charge < -0.3 is 14.9 Å². The van der Waals surface area contributed by atoms with E-state index < -0.39 is 6.10 Å². The van der Waals surface area contributed by atoms with E-state index in [-0.39, 0.29) is 6.61 Å². The molecule has 0 aliphatic carbocycles. The highest BCUT2D eigenvalue weighted by Crippen LogP contribution is 2.26. The lowest BCUT2D eigenvalue weighted by Crippen LogP contribution is -2.14. The number of methoxy groups -OCH3 is 1. The van der Waals surface area contributed by atoms with E-state index in [0.717, 1.165) is 11.3 Å². The van der Waals surface area contributed by atoms with Crippen LogP contribution in [0.1, 0.15) is 5.56 Å². The van der Waals surface area contributed by atoms with Crippen LogP contribution in [-0.4, -0.2) is 35.8 Å². The Morgan fingerprint density at radius 2 is 2.25 bits per heavy atom. The van der Waals surface area contributed by atoms with Crippen LogP contribution in [0.15, 0.2) is 18.2 Å². The molecule has 0 spiro atoms. The van der Waals surface area contributed by atoms with Gasteiger partial charge in [0.15, 0.2) is 0 Å². The molecule has 16 heavy (non-hydrogen) atoms. The van der Waals surface area contributed by atoms with Crippen molar-refractivity contribution in [2.45, 2.75) is 11.9 Å². The fraction of sp³-hybridized carbons (Fsp3) is 0.455. The molecular formula is C11H15ClO3S. The summed E-state index contributed by atoms with van der Waals surface area (Å²) >= 11 is 7.42. The first kappa shape index (κ1) is 13.6. The molecule has 0 aliphatic heterocycles. The summed E-state index contributed by atoms with van der Waals surface area (Å²) in [5, 5.41) is 18.5. The van der Waals surface area contributed by atoms with Crippen LogP contribution in [0.25, 0.3) is 0 Å². The third kappa shape index (κ3) is 4.22. The summed E-state index contributed by atoms with van der Waals surface area (Å²) in [6, 6.07) is 5.44. The first-order chi connectivity index (χ1) is 7.67. The van der Waals surface area contributed by atoms with E-state index >= 15 is 0 Å². The van der Waals surface area contributed by atoms with Crippen molar-refractivity contribution < 1.29 is 14.9 Å². The molecule has 0 unspecified atom stereocenters. The SMILES string of the molecule is COc1ccc(Cl)cc1CSC[C@H](O)CO. The summed E-state index contributed by atoms with van der Waals surface area (Å²) < 4.78 is 5.20. The number of aliphatic hydroxyl groups is 2. The van der Waals surface area contributed by atoms with Gasteiger partial charge in [0.2, 0.25) is 0 Å². The number of thioether (sulfide) groups is 1. The van der Waals surface area contributed by atoms with Crippen LogP contribution in [0.3, 0.4) is 0 Å². The van der Waals surface area contributed by atoms with Crippen molar-refractivity contribution in [3.05, 3.63) is 28.8 Å². The second-order valence-electron chi connectivity index (χ2n) is 3.31. The lowest BCUT2D eigenvalue weighted by Gasteiger charge is -2.10. The zero-order valence-corrected chi connectivity index (χ0v) is 10.6. The zero-order valence-electron chi connectivity index (χ0n) is 9.02. The first-order valence-electron chi connectivity index (χ1n) is 4.86. The predicted molar refractivity (Wildman–Crippen MR) is 67.3 cm³/mol. The largest absolute Gasteiger partial charge is 0.496 e. The molecule has 1 rings (SSSR count). The van der Waals surface area contributed by atoms with Gasteiger partial charge in [0.25, 0.3) is 0 Å². The van der Waals surface area contributed by atoms with Crippen LogP contribution >= 0.6 is 23.4 Å². The van der Waals surface area contributed by atoms with Gasteiger partial charge in [-0.3, -0.25) is 0 Å². The zero-order chi connectivity index (χ0) is 12.0. The van der Waals surface area contributed by atoms with Crippen molar-refractivity contribution in [1.82, 2.24) is 0 Å². The van der Waals surface area contributed by atoms with Crippen molar-refractivity contribution in [3.63, 3.8) is 0 Å². The Hall–Kier alpha value is -0.420. The second-order valence-corrected chi connectivity index (χ2v) is 4.77. The van der Waals surface area contributed by atoms with Gasteiger partial charge in [0.05, 0.1) is 19.8 Å². The number of hydrogen-bond acceptors (Lipinski definition) is 4. The quantitative estimate of drug-likeness (QED) is 0.823. The third-order valence-electron chi connectivity index (χ3n) is 2.02. The Morgan fingerprint density at radius 1 is 1.50 bits per heavy atom. The smallest absolute Gasteiger partial charge is 0.122 e. The molecule has 0 radical (unpaired) electrons. The third-order valence-corrected chi connectivity index (χ3v) is 3.39. The van der Waals surface area contributed by atoms with Gasteiger partial charge in [-0.25, -0.2) is 0 Å². The molecule has 0 aromatic heterocycles. The lowest BCUT2D eigenvalue weighted by atomic mass is 10.2. The monoisotopic (exact) mass is 262 g/mol. The minimum absolute atomic E-state index is 0.209. The molecule has 0 saturated heterocycles. The molecule has 90 valence electrons. The maximum Gasteiger partial charge on any atom is 0.122 e. The predicted octanol–water partition coefficient (Wildman–Crippen LogP) is 1.94. The maximum atomic E-state index is 9.19. The second kappa shape index (κ2) is 7.01. The number of halogens is 1. The lowest BCUT2D eigenvalue weighted by molar-refractivity contribution is 0.113. The van der Waals surface area contributed by atoms with Crippen LogP contribution < -0.4 is 4.74 Å². The summed E-state index contributed by atoms with van der Waals surface area (Å²) in [6.07, 6.45) is -0.671. The van der Waals surface area contributed by atoms with E-state index in [1.807, 2.05) is 12.1 Å². The molecule has 2 N–H and O–H groups in total. The summed E-state index contributed by atoms with van der Waals surface area (Å²) in [6.45, 7) is -0.209. The van der Waals surface area contributed by atoms with Crippen molar-refractivity contribution >= 4 is 23.4 Å². The van der Waals surface area contributed by atoms with Gasteiger partial charge in [0, 0.05) is 22.1 Å². The molecule has 0 amide bonds. The van der Waals surface area contributed by atoms with E-state index in [4.69, 9.17) is 21.4 Å². The average molecular weight is 263 g/mol. The molecule has 1 aromatic rings. The number of aliphatic hydroxyl groups excluding tert-OH is 2. The Balaban J connectivity index is 2.55. The van der Waals surface area contributed by atoms with Gasteiger partial charge in [0.1, 0.15) is 5.75 Å². The number of ether oxygens (including phenoxy) is 1. The molecule has 3 nitrogen and oxygen atoms in total. The molecule has 0 bridgehead atoms. The van der Waals surface area contributed by atoms with Crippen LogP contribution in [0.4, 0.5) is 0 Å². The normalized spacial score (nSPS) is 12.5. The minimum Gasteiger partial charge on any atom is -0.496 e. The fourth-order valence-corrected chi connectivity index (χ4v) is 2.35. The van der Waals surface area contributed by atoms with Crippen LogP contribution in [0.5, 0.6) is 5.75 Å². The average Bonchev–Trinajstić information content (AvgIpc) is 2.29. The van der Waals surface area contributed by atoms with Crippen molar-refractivity contribution in [3.8, 4) is 5.75 Å². The molecule has 0 saturated carbocycles. The van der Waals surface area contributed by atoms with E-state index in [9.17, 15) is 5.11 Å². The van der Waals surface area contributed by atoms with Gasteiger partial charge in [-0.05, 0) is 18.2 Å². The van der Waals surface area contributed by atoms with E-state index in [1.54, 1.807) is 13.2 Å².